The van der Waals surface area contributed by atoms with Crippen LogP contribution in [0.2, 0.25) is 5.02 Å². The predicted octanol–water partition coefficient (Wildman–Crippen LogP) is 3.79. The summed E-state index contributed by atoms with van der Waals surface area (Å²) < 4.78 is 4.77. The molecule has 0 aliphatic heterocycles. The molecule has 0 bridgehead atoms. The van der Waals surface area contributed by atoms with Gasteiger partial charge in [0.25, 0.3) is 5.91 Å². The molecular weight excluding hydrogens is 326 g/mol. The number of benzene rings is 2. The van der Waals surface area contributed by atoms with E-state index in [0.717, 1.165) is 5.56 Å². The highest BCUT2D eigenvalue weighted by Crippen LogP contribution is 2.19. The van der Waals surface area contributed by atoms with Gasteiger partial charge in [-0.3, -0.25) is 9.59 Å². The molecule has 0 fully saturated rings. The van der Waals surface area contributed by atoms with Gasteiger partial charge in [0, 0.05) is 23.7 Å². The van der Waals surface area contributed by atoms with Gasteiger partial charge in [0.15, 0.2) is 0 Å². The lowest BCUT2D eigenvalue weighted by molar-refractivity contribution is -0.145. The van der Waals surface area contributed by atoms with Crippen molar-refractivity contribution in [2.75, 3.05) is 13.7 Å². The molecule has 0 saturated carbocycles. The van der Waals surface area contributed by atoms with Crippen LogP contribution in [-0.2, 0) is 16.1 Å². The van der Waals surface area contributed by atoms with E-state index in [1.165, 1.54) is 7.11 Å². The van der Waals surface area contributed by atoms with Crippen LogP contribution in [0.5, 0.6) is 0 Å². The first-order valence-electron chi connectivity index (χ1n) is 7.68. The molecule has 1 unspecified atom stereocenters. The highest BCUT2D eigenvalue weighted by atomic mass is 35.5. The zero-order valence-corrected chi connectivity index (χ0v) is 14.5. The molecule has 1 atom stereocenters. The van der Waals surface area contributed by atoms with Gasteiger partial charge in [-0.05, 0) is 23.8 Å². The van der Waals surface area contributed by atoms with E-state index in [9.17, 15) is 9.59 Å². The quantitative estimate of drug-likeness (QED) is 0.748. The van der Waals surface area contributed by atoms with Crippen LogP contribution in [0.3, 0.4) is 0 Å². The van der Waals surface area contributed by atoms with E-state index in [4.69, 9.17) is 16.3 Å². The van der Waals surface area contributed by atoms with Crippen LogP contribution in [0, 0.1) is 5.92 Å². The van der Waals surface area contributed by atoms with E-state index in [2.05, 4.69) is 0 Å². The summed E-state index contributed by atoms with van der Waals surface area (Å²) in [6, 6.07) is 16.3. The molecule has 0 aliphatic carbocycles. The number of esters is 1. The zero-order chi connectivity index (χ0) is 17.5. The maximum Gasteiger partial charge on any atom is 0.310 e. The molecule has 0 N–H and O–H groups in total. The Kier molecular flexibility index (Phi) is 6.38. The minimum Gasteiger partial charge on any atom is -0.469 e. The number of rotatable bonds is 6. The molecule has 0 radical (unpaired) electrons. The van der Waals surface area contributed by atoms with Crippen LogP contribution in [0.4, 0.5) is 0 Å². The largest absolute Gasteiger partial charge is 0.469 e. The average Bonchev–Trinajstić information content (AvgIpc) is 2.62. The Morgan fingerprint density at radius 1 is 1.08 bits per heavy atom. The number of carbonyl (C=O) groups excluding carboxylic acids is 2. The van der Waals surface area contributed by atoms with Crippen molar-refractivity contribution in [1.82, 2.24) is 4.90 Å². The number of methoxy groups -OCH3 is 1. The Morgan fingerprint density at radius 2 is 1.71 bits per heavy atom. The zero-order valence-electron chi connectivity index (χ0n) is 13.7. The highest BCUT2D eigenvalue weighted by molar-refractivity contribution is 6.31. The van der Waals surface area contributed by atoms with Crippen molar-refractivity contribution < 1.29 is 14.3 Å². The standard InChI is InChI=1S/C19H20ClNO3/c1-14(19(23)24-2)12-21(13-16-10-6-7-11-17(16)20)18(22)15-8-4-3-5-9-15/h3-11,14H,12-13H2,1-2H3. The Balaban J connectivity index is 2.25. The first kappa shape index (κ1) is 18.0. The number of amides is 1. The SMILES string of the molecule is COC(=O)C(C)CN(Cc1ccccc1Cl)C(=O)c1ccccc1. The number of nitrogens with zero attached hydrogens (tertiary/aromatic N) is 1. The molecular formula is C19H20ClNO3. The fourth-order valence-electron chi connectivity index (χ4n) is 2.42. The van der Waals surface area contributed by atoms with Crippen LogP contribution < -0.4 is 0 Å². The van der Waals surface area contributed by atoms with Crippen molar-refractivity contribution in [3.05, 3.63) is 70.7 Å². The lowest BCUT2D eigenvalue weighted by Crippen LogP contribution is -2.37. The van der Waals surface area contributed by atoms with Gasteiger partial charge in [-0.15, -0.1) is 0 Å². The average molecular weight is 346 g/mol. The molecule has 4 nitrogen and oxygen atoms in total. The summed E-state index contributed by atoms with van der Waals surface area (Å²) in [5.74, 6) is -0.920. The molecule has 5 heteroatoms. The topological polar surface area (TPSA) is 46.6 Å². The maximum atomic E-state index is 12.8. The number of hydrogen-bond acceptors (Lipinski definition) is 3. The number of ether oxygens (including phenoxy) is 1. The molecule has 2 rings (SSSR count). The molecule has 0 heterocycles. The predicted molar refractivity (Wildman–Crippen MR) is 93.8 cm³/mol. The second-order valence-electron chi connectivity index (χ2n) is 5.57. The van der Waals surface area contributed by atoms with E-state index in [-0.39, 0.29) is 18.4 Å². The van der Waals surface area contributed by atoms with Crippen molar-refractivity contribution >= 4 is 23.5 Å². The highest BCUT2D eigenvalue weighted by Gasteiger charge is 2.23. The molecule has 0 saturated heterocycles. The van der Waals surface area contributed by atoms with Crippen molar-refractivity contribution in [2.24, 2.45) is 5.92 Å². The normalized spacial score (nSPS) is 11.6. The van der Waals surface area contributed by atoms with E-state index >= 15 is 0 Å². The first-order chi connectivity index (χ1) is 11.5. The Morgan fingerprint density at radius 3 is 2.33 bits per heavy atom. The van der Waals surface area contributed by atoms with Crippen LogP contribution in [0.1, 0.15) is 22.8 Å². The van der Waals surface area contributed by atoms with Crippen molar-refractivity contribution in [1.29, 1.82) is 0 Å². The minimum absolute atomic E-state index is 0.147. The van der Waals surface area contributed by atoms with Gasteiger partial charge in [-0.25, -0.2) is 0 Å². The Bertz CT molecular complexity index is 703. The van der Waals surface area contributed by atoms with Crippen molar-refractivity contribution in [2.45, 2.75) is 13.5 Å². The van der Waals surface area contributed by atoms with Crippen molar-refractivity contribution in [3.8, 4) is 0 Å². The van der Waals surface area contributed by atoms with Gasteiger partial charge in [0.1, 0.15) is 0 Å². The summed E-state index contributed by atoms with van der Waals surface area (Å²) in [5.41, 5.74) is 1.40. The Hall–Kier alpha value is -2.33. The van der Waals surface area contributed by atoms with E-state index in [0.29, 0.717) is 17.1 Å². The third-order valence-corrected chi connectivity index (χ3v) is 4.09. The lowest BCUT2D eigenvalue weighted by atomic mass is 10.1. The van der Waals surface area contributed by atoms with Gasteiger partial charge in [0.2, 0.25) is 0 Å². The molecule has 0 aromatic heterocycles. The Labute approximate surface area is 147 Å². The molecule has 24 heavy (non-hydrogen) atoms. The first-order valence-corrected chi connectivity index (χ1v) is 8.06. The van der Waals surface area contributed by atoms with E-state index in [1.54, 1.807) is 30.0 Å². The van der Waals surface area contributed by atoms with Crippen LogP contribution in [-0.4, -0.2) is 30.4 Å². The molecule has 1 amide bonds. The van der Waals surface area contributed by atoms with Crippen LogP contribution in [0.15, 0.2) is 54.6 Å². The summed E-state index contributed by atoms with van der Waals surface area (Å²) in [5, 5.41) is 0.592. The van der Waals surface area contributed by atoms with Crippen molar-refractivity contribution in [3.63, 3.8) is 0 Å². The van der Waals surface area contributed by atoms with E-state index < -0.39 is 5.92 Å². The van der Waals surface area contributed by atoms with Gasteiger partial charge in [-0.1, -0.05) is 54.9 Å². The second kappa shape index (κ2) is 8.50. The fourth-order valence-corrected chi connectivity index (χ4v) is 2.62. The van der Waals surface area contributed by atoms with Gasteiger partial charge in [0.05, 0.1) is 13.0 Å². The molecule has 0 aliphatic rings. The molecule has 2 aromatic rings. The van der Waals surface area contributed by atoms with Gasteiger partial charge >= 0.3 is 5.97 Å². The number of hydrogen-bond donors (Lipinski definition) is 0. The molecule has 126 valence electrons. The third kappa shape index (κ3) is 4.59. The van der Waals surface area contributed by atoms with Crippen LogP contribution in [0.25, 0.3) is 0 Å². The summed E-state index contributed by atoms with van der Waals surface area (Å²) in [4.78, 5) is 26.2. The van der Waals surface area contributed by atoms with E-state index in [1.807, 2.05) is 36.4 Å². The summed E-state index contributed by atoms with van der Waals surface area (Å²) in [7, 11) is 1.34. The second-order valence-corrected chi connectivity index (χ2v) is 5.97. The number of halogens is 1. The third-order valence-electron chi connectivity index (χ3n) is 3.72. The summed E-state index contributed by atoms with van der Waals surface area (Å²) in [6.07, 6.45) is 0. The van der Waals surface area contributed by atoms with Crippen LogP contribution >= 0.6 is 11.6 Å². The molecule has 0 spiro atoms. The maximum absolute atomic E-state index is 12.8. The minimum atomic E-state index is -0.426. The lowest BCUT2D eigenvalue weighted by Gasteiger charge is -2.25. The fraction of sp³-hybridized carbons (Fsp3) is 0.263. The van der Waals surface area contributed by atoms with Gasteiger partial charge in [-0.2, -0.15) is 0 Å². The number of carbonyl (C=O) groups is 2. The monoisotopic (exact) mass is 345 g/mol. The smallest absolute Gasteiger partial charge is 0.310 e. The summed E-state index contributed by atoms with van der Waals surface area (Å²) >= 11 is 6.22. The molecule has 2 aromatic carbocycles. The summed E-state index contributed by atoms with van der Waals surface area (Å²) in [6.45, 7) is 2.32. The van der Waals surface area contributed by atoms with Gasteiger partial charge < -0.3 is 9.64 Å².